The highest BCUT2D eigenvalue weighted by Crippen LogP contribution is 2.32. The van der Waals surface area contributed by atoms with Gasteiger partial charge in [-0.05, 0) is 44.3 Å². The van der Waals surface area contributed by atoms with Gasteiger partial charge < -0.3 is 25.0 Å². The number of guanidine groups is 1. The molecular formula is C22H31IN4O2. The minimum absolute atomic E-state index is 0. The Kier molecular flexibility index (Phi) is 9.53. The van der Waals surface area contributed by atoms with E-state index < -0.39 is 0 Å². The molecule has 0 atom stereocenters. The predicted molar refractivity (Wildman–Crippen MR) is 130 cm³/mol. The summed E-state index contributed by atoms with van der Waals surface area (Å²) in [6, 6.07) is 14.5. The summed E-state index contributed by atoms with van der Waals surface area (Å²) in [6.45, 7) is 5.77. The zero-order valence-electron chi connectivity index (χ0n) is 17.4. The van der Waals surface area contributed by atoms with Gasteiger partial charge in [0.25, 0.3) is 0 Å². The molecule has 0 aromatic heterocycles. The highest BCUT2D eigenvalue weighted by Gasteiger charge is 2.11. The maximum Gasteiger partial charge on any atom is 0.196 e. The fourth-order valence-electron chi connectivity index (χ4n) is 2.97. The summed E-state index contributed by atoms with van der Waals surface area (Å²) in [7, 11) is 4.15. The van der Waals surface area contributed by atoms with Crippen LogP contribution in [0.2, 0.25) is 0 Å². The summed E-state index contributed by atoms with van der Waals surface area (Å²) in [6.07, 6.45) is 0.898. The maximum absolute atomic E-state index is 5.77. The third-order valence-electron chi connectivity index (χ3n) is 4.30. The number of hydrogen-bond acceptors (Lipinski definition) is 4. The van der Waals surface area contributed by atoms with Crippen molar-refractivity contribution < 1.29 is 9.47 Å². The van der Waals surface area contributed by atoms with E-state index in [1.165, 1.54) is 11.1 Å². The van der Waals surface area contributed by atoms with E-state index in [0.29, 0.717) is 19.8 Å². The van der Waals surface area contributed by atoms with E-state index in [-0.39, 0.29) is 24.0 Å². The SMILES string of the molecule is CCNC(=NCc1ccc(CN(C)C)cc1)Nc1ccc2c(c1)OCCCO2.I. The summed E-state index contributed by atoms with van der Waals surface area (Å²) >= 11 is 0. The van der Waals surface area contributed by atoms with Crippen molar-refractivity contribution in [3.05, 3.63) is 53.6 Å². The van der Waals surface area contributed by atoms with Crippen LogP contribution in [0.25, 0.3) is 0 Å². The average Bonchev–Trinajstić information content (AvgIpc) is 2.92. The molecule has 1 heterocycles. The lowest BCUT2D eigenvalue weighted by Gasteiger charge is -2.14. The Bertz CT molecular complexity index is 794. The van der Waals surface area contributed by atoms with E-state index in [9.17, 15) is 0 Å². The Morgan fingerprint density at radius 1 is 1.00 bits per heavy atom. The molecular weight excluding hydrogens is 479 g/mol. The van der Waals surface area contributed by atoms with Gasteiger partial charge in [-0.3, -0.25) is 0 Å². The van der Waals surface area contributed by atoms with Gasteiger partial charge in [-0.25, -0.2) is 4.99 Å². The van der Waals surface area contributed by atoms with E-state index in [0.717, 1.165) is 42.7 Å². The zero-order valence-corrected chi connectivity index (χ0v) is 19.7. The topological polar surface area (TPSA) is 58.1 Å². The summed E-state index contributed by atoms with van der Waals surface area (Å²) < 4.78 is 11.5. The molecule has 0 unspecified atom stereocenters. The quantitative estimate of drug-likeness (QED) is 0.348. The molecule has 1 aliphatic heterocycles. The van der Waals surface area contributed by atoms with Crippen LogP contribution in [-0.2, 0) is 13.1 Å². The number of rotatable bonds is 6. The van der Waals surface area contributed by atoms with Crippen LogP contribution in [-0.4, -0.2) is 44.7 Å². The third-order valence-corrected chi connectivity index (χ3v) is 4.30. The van der Waals surface area contributed by atoms with Crippen LogP contribution in [0.15, 0.2) is 47.5 Å². The van der Waals surface area contributed by atoms with Gasteiger partial charge in [0.2, 0.25) is 0 Å². The van der Waals surface area contributed by atoms with Crippen molar-refractivity contribution in [2.45, 2.75) is 26.4 Å². The van der Waals surface area contributed by atoms with Crippen molar-refractivity contribution in [3.63, 3.8) is 0 Å². The molecule has 2 aromatic rings. The number of hydrogen-bond donors (Lipinski definition) is 2. The van der Waals surface area contributed by atoms with Gasteiger partial charge in [0.15, 0.2) is 17.5 Å². The second kappa shape index (κ2) is 11.9. The second-order valence-electron chi connectivity index (χ2n) is 7.09. The molecule has 0 spiro atoms. The normalized spacial score (nSPS) is 13.4. The van der Waals surface area contributed by atoms with Crippen LogP contribution >= 0.6 is 24.0 Å². The van der Waals surface area contributed by atoms with Crippen LogP contribution in [0.3, 0.4) is 0 Å². The first-order valence-corrected chi connectivity index (χ1v) is 9.81. The Labute approximate surface area is 190 Å². The summed E-state index contributed by atoms with van der Waals surface area (Å²) in [5.41, 5.74) is 3.40. The van der Waals surface area contributed by atoms with Gasteiger partial charge >= 0.3 is 0 Å². The van der Waals surface area contributed by atoms with Crippen LogP contribution in [0, 0.1) is 0 Å². The number of benzene rings is 2. The average molecular weight is 510 g/mol. The molecule has 6 nitrogen and oxygen atoms in total. The van der Waals surface area contributed by atoms with Crippen LogP contribution in [0.4, 0.5) is 5.69 Å². The van der Waals surface area contributed by atoms with Crippen molar-refractivity contribution in [2.75, 3.05) is 39.2 Å². The highest BCUT2D eigenvalue weighted by atomic mass is 127. The molecule has 0 saturated carbocycles. The summed E-state index contributed by atoms with van der Waals surface area (Å²) in [5.74, 6) is 2.31. The van der Waals surface area contributed by atoms with Gasteiger partial charge in [-0.1, -0.05) is 24.3 Å². The first-order valence-electron chi connectivity index (χ1n) is 9.81. The van der Waals surface area contributed by atoms with Gasteiger partial charge in [-0.15, -0.1) is 24.0 Å². The Morgan fingerprint density at radius 3 is 2.38 bits per heavy atom. The fraction of sp³-hybridized carbons (Fsp3) is 0.409. The molecule has 0 amide bonds. The smallest absolute Gasteiger partial charge is 0.196 e. The molecule has 3 rings (SSSR count). The number of halogens is 1. The van der Waals surface area contributed by atoms with Crippen molar-refractivity contribution in [3.8, 4) is 11.5 Å². The minimum Gasteiger partial charge on any atom is -0.490 e. The molecule has 1 aliphatic rings. The molecule has 2 N–H and O–H groups in total. The minimum atomic E-state index is 0. The second-order valence-corrected chi connectivity index (χ2v) is 7.09. The number of aliphatic imine (C=N–C) groups is 1. The third kappa shape index (κ3) is 7.40. The largest absolute Gasteiger partial charge is 0.490 e. The molecule has 158 valence electrons. The molecule has 0 radical (unpaired) electrons. The van der Waals surface area contributed by atoms with E-state index in [4.69, 9.17) is 14.5 Å². The van der Waals surface area contributed by atoms with E-state index >= 15 is 0 Å². The number of nitrogens with zero attached hydrogens (tertiary/aromatic N) is 2. The molecule has 29 heavy (non-hydrogen) atoms. The van der Waals surface area contributed by atoms with Crippen molar-refractivity contribution in [1.29, 1.82) is 0 Å². The zero-order chi connectivity index (χ0) is 19.8. The number of fused-ring (bicyclic) bond motifs is 1. The van der Waals surface area contributed by atoms with E-state index in [2.05, 4.69) is 60.8 Å². The number of ether oxygens (including phenoxy) is 2. The summed E-state index contributed by atoms with van der Waals surface area (Å²) in [4.78, 5) is 6.87. The molecule has 0 fully saturated rings. The van der Waals surface area contributed by atoms with Gasteiger partial charge in [0.05, 0.1) is 19.8 Å². The Hall–Kier alpha value is -2.00. The first-order chi connectivity index (χ1) is 13.6. The Morgan fingerprint density at radius 2 is 1.69 bits per heavy atom. The highest BCUT2D eigenvalue weighted by molar-refractivity contribution is 14.0. The summed E-state index contributed by atoms with van der Waals surface area (Å²) in [5, 5.41) is 6.65. The lowest BCUT2D eigenvalue weighted by Crippen LogP contribution is -2.30. The standard InChI is InChI=1S/C22H30N4O2.HI/c1-4-23-22(24-15-17-6-8-18(9-7-17)16-26(2)3)25-19-10-11-20-21(14-19)28-13-5-12-27-20;/h6-11,14H,4-5,12-13,15-16H2,1-3H3,(H2,23,24,25);1H. The Balaban J connectivity index is 0.00000300. The predicted octanol–water partition coefficient (Wildman–Crippen LogP) is 4.11. The van der Waals surface area contributed by atoms with Gasteiger partial charge in [0.1, 0.15) is 0 Å². The molecule has 7 heteroatoms. The lowest BCUT2D eigenvalue weighted by molar-refractivity contribution is 0.297. The fourth-order valence-corrected chi connectivity index (χ4v) is 2.97. The molecule has 2 aromatic carbocycles. The maximum atomic E-state index is 5.77. The van der Waals surface area contributed by atoms with Crippen LogP contribution < -0.4 is 20.1 Å². The molecule has 0 bridgehead atoms. The van der Waals surface area contributed by atoms with E-state index in [1.807, 2.05) is 18.2 Å². The number of nitrogens with one attached hydrogen (secondary N) is 2. The first kappa shape index (κ1) is 23.3. The van der Waals surface area contributed by atoms with Crippen molar-refractivity contribution in [2.24, 2.45) is 4.99 Å². The van der Waals surface area contributed by atoms with Crippen molar-refractivity contribution >= 4 is 35.6 Å². The molecule has 0 aliphatic carbocycles. The monoisotopic (exact) mass is 510 g/mol. The van der Waals surface area contributed by atoms with Crippen molar-refractivity contribution in [1.82, 2.24) is 10.2 Å². The van der Waals surface area contributed by atoms with Gasteiger partial charge in [0, 0.05) is 31.3 Å². The van der Waals surface area contributed by atoms with Crippen LogP contribution in [0.5, 0.6) is 11.5 Å². The van der Waals surface area contributed by atoms with Gasteiger partial charge in [-0.2, -0.15) is 0 Å². The molecule has 0 saturated heterocycles. The van der Waals surface area contributed by atoms with Crippen LogP contribution in [0.1, 0.15) is 24.5 Å². The van der Waals surface area contributed by atoms with E-state index in [1.54, 1.807) is 0 Å². The number of anilines is 1. The lowest BCUT2D eigenvalue weighted by atomic mass is 10.1.